The van der Waals surface area contributed by atoms with Crippen LogP contribution in [0, 0.1) is 5.92 Å². The number of carbonyl (C=O) groups is 1. The Balaban J connectivity index is 1.93. The lowest BCUT2D eigenvalue weighted by atomic mass is 10.0. The molecular weight excluding hydrogens is 455 g/mol. The second kappa shape index (κ2) is 9.41. The van der Waals surface area contributed by atoms with Crippen LogP contribution in [0.25, 0.3) is 11.3 Å². The highest BCUT2D eigenvalue weighted by Crippen LogP contribution is 2.42. The van der Waals surface area contributed by atoms with Crippen LogP contribution in [0.3, 0.4) is 0 Å². The number of carboxylic acids is 1. The van der Waals surface area contributed by atoms with Crippen LogP contribution < -0.4 is 14.9 Å². The Bertz CT molecular complexity index is 1070. The molecule has 2 heterocycles. The van der Waals surface area contributed by atoms with Crippen LogP contribution in [-0.2, 0) is 4.74 Å². The van der Waals surface area contributed by atoms with Crippen molar-refractivity contribution >= 4 is 17.6 Å². The molecule has 0 saturated carbocycles. The number of hydrogen-bond acceptors (Lipinski definition) is 5. The first kappa shape index (κ1) is 23.9. The van der Waals surface area contributed by atoms with E-state index in [1.54, 1.807) is 4.57 Å². The standard InChI is InChI=1S/C21H21ClF3NO6/c1-11(2)16-9-32-18-7-19(31-4-3-30-10-21(23,24)25)14(22)5-12(18)15-6-17(27)13(20(28)29)8-26(15)16/h5-8,11,16H,3-4,9-10H2,1-2H3,(H,28,29)/t16-/m0/s1. The van der Waals surface area contributed by atoms with Crippen molar-refractivity contribution in [2.24, 2.45) is 5.92 Å². The Labute approximate surface area is 186 Å². The molecule has 1 aromatic carbocycles. The van der Waals surface area contributed by atoms with Gasteiger partial charge in [-0.1, -0.05) is 25.4 Å². The lowest BCUT2D eigenvalue weighted by molar-refractivity contribution is -0.175. The highest BCUT2D eigenvalue weighted by molar-refractivity contribution is 6.32. The normalized spacial score (nSPS) is 15.5. The van der Waals surface area contributed by atoms with Crippen LogP contribution in [0.15, 0.2) is 29.2 Å². The van der Waals surface area contributed by atoms with Gasteiger partial charge in [0.05, 0.1) is 23.4 Å². The molecule has 1 aliphatic rings. The molecule has 11 heteroatoms. The second-order valence-corrected chi connectivity index (χ2v) is 7.97. The van der Waals surface area contributed by atoms with Gasteiger partial charge in [-0.15, -0.1) is 0 Å². The van der Waals surface area contributed by atoms with Gasteiger partial charge in [-0.25, -0.2) is 4.79 Å². The minimum absolute atomic E-state index is 0.0455. The first-order valence-corrected chi connectivity index (χ1v) is 10.1. The fourth-order valence-corrected chi connectivity index (χ4v) is 3.55. The summed E-state index contributed by atoms with van der Waals surface area (Å²) in [6.07, 6.45) is -3.12. The fraction of sp³-hybridized carbons (Fsp3) is 0.429. The molecule has 0 saturated heterocycles. The number of aromatic carboxylic acids is 1. The monoisotopic (exact) mass is 475 g/mol. The molecule has 7 nitrogen and oxygen atoms in total. The zero-order valence-electron chi connectivity index (χ0n) is 17.2. The van der Waals surface area contributed by atoms with Crippen LogP contribution in [0.4, 0.5) is 13.2 Å². The maximum Gasteiger partial charge on any atom is 0.411 e. The molecule has 1 aliphatic heterocycles. The minimum Gasteiger partial charge on any atom is -0.491 e. The molecule has 0 unspecified atom stereocenters. The van der Waals surface area contributed by atoms with E-state index >= 15 is 0 Å². The SMILES string of the molecule is CC(C)[C@@H]1COc2cc(OCCOCC(F)(F)F)c(Cl)cc2-c2cc(=O)c(C(=O)O)cn21. The van der Waals surface area contributed by atoms with Crippen LogP contribution in [0.1, 0.15) is 30.2 Å². The minimum atomic E-state index is -4.42. The number of alkyl halides is 3. The summed E-state index contributed by atoms with van der Waals surface area (Å²) in [4.78, 5) is 23.8. The largest absolute Gasteiger partial charge is 0.491 e. The van der Waals surface area contributed by atoms with E-state index < -0.39 is 24.2 Å². The molecule has 0 bridgehead atoms. The van der Waals surface area contributed by atoms with Crippen molar-refractivity contribution in [3.63, 3.8) is 0 Å². The van der Waals surface area contributed by atoms with E-state index in [2.05, 4.69) is 4.74 Å². The Morgan fingerprint density at radius 3 is 2.66 bits per heavy atom. The molecule has 3 rings (SSSR count). The predicted molar refractivity (Wildman–Crippen MR) is 110 cm³/mol. The summed E-state index contributed by atoms with van der Waals surface area (Å²) in [7, 11) is 0. The predicted octanol–water partition coefficient (Wildman–Crippen LogP) is 4.41. The topological polar surface area (TPSA) is 87.0 Å². The van der Waals surface area contributed by atoms with Crippen molar-refractivity contribution in [2.75, 3.05) is 26.4 Å². The molecule has 0 fully saturated rings. The highest BCUT2D eigenvalue weighted by atomic mass is 35.5. The van der Waals surface area contributed by atoms with Crippen LogP contribution >= 0.6 is 11.6 Å². The number of benzene rings is 1. The summed E-state index contributed by atoms with van der Waals surface area (Å²) in [5, 5.41) is 9.49. The number of carboxylic acid groups (broad SMARTS) is 1. The van der Waals surface area contributed by atoms with E-state index in [4.69, 9.17) is 21.1 Å². The van der Waals surface area contributed by atoms with Crippen LogP contribution in [-0.4, -0.2) is 48.2 Å². The second-order valence-electron chi connectivity index (χ2n) is 7.57. The lowest BCUT2D eigenvalue weighted by Gasteiger charge is -2.24. The van der Waals surface area contributed by atoms with Gasteiger partial charge in [0.15, 0.2) is 5.43 Å². The van der Waals surface area contributed by atoms with E-state index in [9.17, 15) is 27.9 Å². The maximum atomic E-state index is 12.4. The Morgan fingerprint density at radius 1 is 1.31 bits per heavy atom. The Morgan fingerprint density at radius 2 is 2.03 bits per heavy atom. The average molecular weight is 476 g/mol. The third-order valence-corrected chi connectivity index (χ3v) is 5.20. The number of pyridine rings is 1. The van der Waals surface area contributed by atoms with E-state index in [1.165, 1.54) is 24.4 Å². The Hall–Kier alpha value is -2.72. The number of nitrogens with zero attached hydrogens (tertiary/aromatic N) is 1. The first-order chi connectivity index (χ1) is 15.0. The van der Waals surface area contributed by atoms with Crippen molar-refractivity contribution in [1.29, 1.82) is 0 Å². The van der Waals surface area contributed by atoms with Gasteiger partial charge in [0.1, 0.15) is 36.9 Å². The van der Waals surface area contributed by atoms with Crippen LogP contribution in [0.5, 0.6) is 11.5 Å². The molecular formula is C21H21ClF3NO6. The van der Waals surface area contributed by atoms with Crippen molar-refractivity contribution < 1.29 is 37.3 Å². The molecule has 0 spiro atoms. The number of hydrogen-bond donors (Lipinski definition) is 1. The van der Waals surface area contributed by atoms with Crippen molar-refractivity contribution in [1.82, 2.24) is 4.57 Å². The molecule has 32 heavy (non-hydrogen) atoms. The molecule has 0 aliphatic carbocycles. The molecule has 1 atom stereocenters. The summed E-state index contributed by atoms with van der Waals surface area (Å²) in [6.45, 7) is 2.23. The van der Waals surface area contributed by atoms with E-state index in [0.29, 0.717) is 17.0 Å². The third-order valence-electron chi connectivity index (χ3n) is 4.91. The highest BCUT2D eigenvalue weighted by Gasteiger charge is 2.29. The summed E-state index contributed by atoms with van der Waals surface area (Å²) in [6, 6.07) is 3.96. The van der Waals surface area contributed by atoms with Crippen molar-refractivity contribution in [3.05, 3.63) is 45.2 Å². The van der Waals surface area contributed by atoms with Crippen LogP contribution in [0.2, 0.25) is 5.02 Å². The van der Waals surface area contributed by atoms with Gasteiger partial charge in [0.25, 0.3) is 0 Å². The molecule has 1 aromatic heterocycles. The fourth-order valence-electron chi connectivity index (χ4n) is 3.33. The van der Waals surface area contributed by atoms with Gasteiger partial charge in [0.2, 0.25) is 0 Å². The number of aromatic nitrogens is 1. The molecule has 174 valence electrons. The van der Waals surface area contributed by atoms with Crippen molar-refractivity contribution in [3.8, 4) is 22.8 Å². The van der Waals surface area contributed by atoms with Gasteiger partial charge in [-0.05, 0) is 12.0 Å². The molecule has 1 N–H and O–H groups in total. The van der Waals surface area contributed by atoms with Gasteiger partial charge in [-0.2, -0.15) is 13.2 Å². The van der Waals surface area contributed by atoms with Crippen molar-refractivity contribution in [2.45, 2.75) is 26.1 Å². The molecule has 2 aromatic rings. The zero-order chi connectivity index (χ0) is 23.6. The summed E-state index contributed by atoms with van der Waals surface area (Å²) < 4.78 is 54.0. The zero-order valence-corrected chi connectivity index (χ0v) is 18.0. The van der Waals surface area contributed by atoms with Gasteiger partial charge < -0.3 is 23.9 Å². The van der Waals surface area contributed by atoms with E-state index in [0.717, 1.165) is 0 Å². The lowest BCUT2D eigenvalue weighted by Crippen LogP contribution is -2.25. The van der Waals surface area contributed by atoms with E-state index in [1.807, 2.05) is 13.8 Å². The van der Waals surface area contributed by atoms with E-state index in [-0.39, 0.29) is 48.1 Å². The quantitative estimate of drug-likeness (QED) is 0.597. The maximum absolute atomic E-state index is 12.4. The molecule has 0 radical (unpaired) electrons. The summed E-state index contributed by atoms with van der Waals surface area (Å²) in [5.41, 5.74) is -0.105. The Kier molecular flexibility index (Phi) is 7.04. The first-order valence-electron chi connectivity index (χ1n) is 9.71. The third kappa shape index (κ3) is 5.36. The van der Waals surface area contributed by atoms with Gasteiger partial charge in [-0.3, -0.25) is 4.79 Å². The summed E-state index contributed by atoms with van der Waals surface area (Å²) >= 11 is 6.30. The smallest absolute Gasteiger partial charge is 0.411 e. The molecule has 0 amide bonds. The average Bonchev–Trinajstić information content (AvgIpc) is 2.82. The van der Waals surface area contributed by atoms with Gasteiger partial charge >= 0.3 is 12.1 Å². The number of halogens is 4. The number of fused-ring (bicyclic) bond motifs is 3. The van der Waals surface area contributed by atoms with Gasteiger partial charge in [0, 0.05) is 23.9 Å². The number of rotatable bonds is 7. The number of ether oxygens (including phenoxy) is 3. The summed E-state index contributed by atoms with van der Waals surface area (Å²) in [5.74, 6) is -0.753.